The Hall–Kier alpha value is -2.14. The van der Waals surface area contributed by atoms with Gasteiger partial charge in [0.15, 0.2) is 9.84 Å². The molecule has 0 aliphatic rings. The van der Waals surface area contributed by atoms with Gasteiger partial charge in [0.1, 0.15) is 0 Å². The highest BCUT2D eigenvalue weighted by molar-refractivity contribution is 7.90. The molecule has 0 saturated heterocycles. The van der Waals surface area contributed by atoms with Crippen LogP contribution in [0.25, 0.3) is 11.1 Å². The predicted molar refractivity (Wildman–Crippen MR) is 76.7 cm³/mol. The van der Waals surface area contributed by atoms with Crippen molar-refractivity contribution in [2.45, 2.75) is 11.8 Å². The van der Waals surface area contributed by atoms with Crippen molar-refractivity contribution in [3.63, 3.8) is 0 Å². The van der Waals surface area contributed by atoms with Crippen molar-refractivity contribution in [3.05, 3.63) is 53.6 Å². The number of hydrogen-bond donors (Lipinski definition) is 1. The Morgan fingerprint density at radius 1 is 1.00 bits per heavy atom. The number of sulfone groups is 1. The number of aromatic carboxylic acids is 1. The van der Waals surface area contributed by atoms with Crippen LogP contribution < -0.4 is 0 Å². The van der Waals surface area contributed by atoms with Crippen molar-refractivity contribution in [3.8, 4) is 11.1 Å². The van der Waals surface area contributed by atoms with Gasteiger partial charge in [-0.1, -0.05) is 24.3 Å². The molecule has 1 N–H and O–H groups in total. The topological polar surface area (TPSA) is 71.4 Å². The Bertz CT molecular complexity index is 759. The second-order valence-corrected chi connectivity index (χ2v) is 6.65. The van der Waals surface area contributed by atoms with E-state index >= 15 is 0 Å². The van der Waals surface area contributed by atoms with Crippen LogP contribution >= 0.6 is 0 Å². The van der Waals surface area contributed by atoms with Gasteiger partial charge >= 0.3 is 5.97 Å². The highest BCUT2D eigenvalue weighted by Gasteiger charge is 2.10. The van der Waals surface area contributed by atoms with Crippen LogP contribution in [-0.2, 0) is 9.84 Å². The minimum atomic E-state index is -3.22. The van der Waals surface area contributed by atoms with Crippen LogP contribution in [0.2, 0.25) is 0 Å². The Labute approximate surface area is 117 Å². The number of aryl methyl sites for hydroxylation is 1. The van der Waals surface area contributed by atoms with E-state index in [4.69, 9.17) is 5.11 Å². The predicted octanol–water partition coefficient (Wildman–Crippen LogP) is 2.76. The van der Waals surface area contributed by atoms with Crippen LogP contribution in [0.3, 0.4) is 0 Å². The first-order valence-corrected chi connectivity index (χ1v) is 7.82. The normalized spacial score (nSPS) is 11.3. The molecule has 0 fully saturated rings. The largest absolute Gasteiger partial charge is 0.478 e. The Balaban J connectivity index is 2.47. The van der Waals surface area contributed by atoms with Crippen molar-refractivity contribution < 1.29 is 18.3 Å². The molecule has 0 bridgehead atoms. The van der Waals surface area contributed by atoms with E-state index in [1.807, 2.05) is 6.07 Å². The summed E-state index contributed by atoms with van der Waals surface area (Å²) in [4.78, 5) is 11.4. The van der Waals surface area contributed by atoms with Crippen molar-refractivity contribution in [1.29, 1.82) is 0 Å². The number of benzene rings is 2. The van der Waals surface area contributed by atoms with E-state index in [9.17, 15) is 13.2 Å². The van der Waals surface area contributed by atoms with E-state index in [2.05, 4.69) is 0 Å². The summed E-state index contributed by atoms with van der Waals surface area (Å²) in [7, 11) is -3.22. The highest BCUT2D eigenvalue weighted by atomic mass is 32.2. The van der Waals surface area contributed by atoms with E-state index in [1.165, 1.54) is 12.1 Å². The molecule has 0 spiro atoms. The van der Waals surface area contributed by atoms with Gasteiger partial charge in [-0.3, -0.25) is 0 Å². The molecule has 20 heavy (non-hydrogen) atoms. The Morgan fingerprint density at radius 2 is 1.55 bits per heavy atom. The van der Waals surface area contributed by atoms with E-state index in [1.54, 1.807) is 31.2 Å². The molecule has 4 nitrogen and oxygen atoms in total. The molecule has 0 atom stereocenters. The smallest absolute Gasteiger partial charge is 0.335 e. The summed E-state index contributed by atoms with van der Waals surface area (Å²) in [6.45, 7) is 1.74. The lowest BCUT2D eigenvalue weighted by atomic mass is 10.00. The Morgan fingerprint density at radius 3 is 2.05 bits per heavy atom. The highest BCUT2D eigenvalue weighted by Crippen LogP contribution is 2.24. The minimum absolute atomic E-state index is 0.242. The SMILES string of the molecule is Cc1ccc(-c2ccc(S(C)(=O)=O)cc2)cc1C(=O)O. The van der Waals surface area contributed by atoms with E-state index < -0.39 is 15.8 Å². The maximum Gasteiger partial charge on any atom is 0.335 e. The molecule has 0 aliphatic heterocycles. The van der Waals surface area contributed by atoms with Gasteiger partial charge in [0.05, 0.1) is 10.5 Å². The maximum absolute atomic E-state index is 11.4. The average molecular weight is 290 g/mol. The minimum Gasteiger partial charge on any atom is -0.478 e. The molecule has 0 radical (unpaired) electrons. The first-order chi connectivity index (χ1) is 9.29. The van der Waals surface area contributed by atoms with Gasteiger partial charge in [-0.2, -0.15) is 0 Å². The molecule has 0 amide bonds. The third kappa shape index (κ3) is 2.88. The molecule has 2 aromatic carbocycles. The van der Waals surface area contributed by atoms with E-state index in [0.29, 0.717) is 5.56 Å². The van der Waals surface area contributed by atoms with Crippen LogP contribution in [0.15, 0.2) is 47.4 Å². The zero-order chi connectivity index (χ0) is 14.9. The molecule has 0 unspecified atom stereocenters. The molecule has 0 saturated carbocycles. The number of hydrogen-bond acceptors (Lipinski definition) is 3. The number of carboxylic acid groups (broad SMARTS) is 1. The molecule has 5 heteroatoms. The van der Waals surface area contributed by atoms with Gasteiger partial charge in [0.25, 0.3) is 0 Å². The number of rotatable bonds is 3. The molecular weight excluding hydrogens is 276 g/mol. The van der Waals surface area contributed by atoms with Gasteiger partial charge in [0, 0.05) is 6.26 Å². The van der Waals surface area contributed by atoms with Crippen LogP contribution in [0.1, 0.15) is 15.9 Å². The summed E-state index contributed by atoms with van der Waals surface area (Å²) in [6, 6.07) is 11.5. The fraction of sp³-hybridized carbons (Fsp3) is 0.133. The van der Waals surface area contributed by atoms with Gasteiger partial charge in [0.2, 0.25) is 0 Å². The Kier molecular flexibility index (Phi) is 3.63. The number of carbonyl (C=O) groups is 1. The molecule has 2 rings (SSSR count). The first kappa shape index (κ1) is 14.3. The quantitative estimate of drug-likeness (QED) is 0.943. The zero-order valence-electron chi connectivity index (χ0n) is 11.1. The second-order valence-electron chi connectivity index (χ2n) is 4.63. The summed E-state index contributed by atoms with van der Waals surface area (Å²) in [5.74, 6) is -0.975. The molecule has 104 valence electrons. The van der Waals surface area contributed by atoms with Gasteiger partial charge < -0.3 is 5.11 Å². The van der Waals surface area contributed by atoms with Crippen molar-refractivity contribution in [2.75, 3.05) is 6.26 Å². The van der Waals surface area contributed by atoms with Crippen LogP contribution in [-0.4, -0.2) is 25.7 Å². The van der Waals surface area contributed by atoms with E-state index in [-0.39, 0.29) is 10.5 Å². The summed E-state index contributed by atoms with van der Waals surface area (Å²) >= 11 is 0. The lowest BCUT2D eigenvalue weighted by molar-refractivity contribution is 0.0696. The van der Waals surface area contributed by atoms with Crippen LogP contribution in [0.4, 0.5) is 0 Å². The van der Waals surface area contributed by atoms with Crippen molar-refractivity contribution in [2.24, 2.45) is 0 Å². The maximum atomic E-state index is 11.4. The second kappa shape index (κ2) is 5.09. The fourth-order valence-electron chi connectivity index (χ4n) is 1.93. The number of carboxylic acids is 1. The summed E-state index contributed by atoms with van der Waals surface area (Å²) in [5, 5.41) is 9.11. The van der Waals surface area contributed by atoms with Crippen LogP contribution in [0, 0.1) is 6.92 Å². The molecule has 0 heterocycles. The lowest BCUT2D eigenvalue weighted by Crippen LogP contribution is -2.00. The third-order valence-corrected chi connectivity index (χ3v) is 4.21. The van der Waals surface area contributed by atoms with Gasteiger partial charge in [-0.25, -0.2) is 13.2 Å². The molecule has 2 aromatic rings. The molecular formula is C15H14O4S. The summed E-state index contributed by atoms with van der Waals surface area (Å²) < 4.78 is 22.8. The molecule has 0 aliphatic carbocycles. The van der Waals surface area contributed by atoms with Crippen molar-refractivity contribution >= 4 is 15.8 Å². The monoisotopic (exact) mass is 290 g/mol. The van der Waals surface area contributed by atoms with Gasteiger partial charge in [-0.05, 0) is 41.8 Å². The van der Waals surface area contributed by atoms with Crippen molar-refractivity contribution in [1.82, 2.24) is 0 Å². The fourth-order valence-corrected chi connectivity index (χ4v) is 2.56. The summed E-state index contributed by atoms with van der Waals surface area (Å²) in [5.41, 5.74) is 2.46. The zero-order valence-corrected chi connectivity index (χ0v) is 11.9. The summed E-state index contributed by atoms with van der Waals surface area (Å²) in [6.07, 6.45) is 1.15. The third-order valence-electron chi connectivity index (χ3n) is 3.08. The first-order valence-electron chi connectivity index (χ1n) is 5.93. The average Bonchev–Trinajstić information content (AvgIpc) is 2.38. The standard InChI is InChI=1S/C15H14O4S/c1-10-3-4-12(9-14(10)15(16)17)11-5-7-13(8-6-11)20(2,18)19/h3-9H,1-2H3,(H,16,17). The van der Waals surface area contributed by atoms with E-state index in [0.717, 1.165) is 17.4 Å². The van der Waals surface area contributed by atoms with Gasteiger partial charge in [-0.15, -0.1) is 0 Å². The molecule has 0 aromatic heterocycles. The lowest BCUT2D eigenvalue weighted by Gasteiger charge is -2.07. The van der Waals surface area contributed by atoms with Crippen LogP contribution in [0.5, 0.6) is 0 Å².